The molecule has 26 heavy (non-hydrogen) atoms. The Morgan fingerprint density at radius 2 is 1.58 bits per heavy atom. The fourth-order valence-electron chi connectivity index (χ4n) is 2.86. The summed E-state index contributed by atoms with van der Waals surface area (Å²) in [5.41, 5.74) is 2.36. The molecule has 1 saturated heterocycles. The molecule has 0 aliphatic carbocycles. The summed E-state index contributed by atoms with van der Waals surface area (Å²) >= 11 is 1.50. The zero-order chi connectivity index (χ0) is 17.9. The van der Waals surface area contributed by atoms with Crippen LogP contribution in [-0.2, 0) is 16.1 Å². The van der Waals surface area contributed by atoms with E-state index in [1.165, 1.54) is 11.3 Å². The summed E-state index contributed by atoms with van der Waals surface area (Å²) in [5.74, 6) is -0.328. The van der Waals surface area contributed by atoms with Gasteiger partial charge in [-0.05, 0) is 22.6 Å². The quantitative estimate of drug-likeness (QED) is 0.634. The van der Waals surface area contributed by atoms with E-state index in [9.17, 15) is 9.59 Å². The number of cyclic esters (lactones) is 1. The zero-order valence-electron chi connectivity index (χ0n) is 13.8. The summed E-state index contributed by atoms with van der Waals surface area (Å²) < 4.78 is 5.42. The normalized spacial score (nSPS) is 15.9. The molecule has 0 radical (unpaired) electrons. The van der Waals surface area contributed by atoms with Crippen molar-refractivity contribution in [2.45, 2.75) is 6.54 Å². The first-order chi connectivity index (χ1) is 12.7. The number of ether oxygens (including phenoxy) is 1. The molecule has 1 fully saturated rings. The van der Waals surface area contributed by atoms with E-state index in [1.54, 1.807) is 0 Å². The lowest BCUT2D eigenvalue weighted by molar-refractivity contribution is -0.123. The van der Waals surface area contributed by atoms with Crippen LogP contribution < -0.4 is 0 Å². The number of hydrogen-bond acceptors (Lipinski definition) is 4. The lowest BCUT2D eigenvalue weighted by Gasteiger charge is -2.10. The van der Waals surface area contributed by atoms with E-state index >= 15 is 0 Å². The molecule has 2 amide bonds. The Hall–Kier alpha value is -3.18. The van der Waals surface area contributed by atoms with Crippen molar-refractivity contribution >= 4 is 28.9 Å². The summed E-state index contributed by atoms with van der Waals surface area (Å²) in [7, 11) is 0. The molecule has 4 rings (SSSR count). The minimum absolute atomic E-state index is 0.0829. The van der Waals surface area contributed by atoms with Gasteiger partial charge in [-0.25, -0.2) is 9.69 Å². The monoisotopic (exact) mass is 361 g/mol. The summed E-state index contributed by atoms with van der Waals surface area (Å²) in [4.78, 5) is 27.3. The molecular formula is C21H15NO3S. The minimum atomic E-state index is -0.640. The van der Waals surface area contributed by atoms with Crippen LogP contribution in [0, 0.1) is 0 Å². The molecule has 1 aliphatic heterocycles. The Morgan fingerprint density at radius 3 is 2.23 bits per heavy atom. The molecule has 3 aromatic rings. The standard InChI is InChI=1S/C21H15NO3S/c23-20-19(25-21(24)22(20)14-15-8-3-1-4-9-15)18(17-12-7-13-26-17)16-10-5-2-6-11-16/h1-13H,14H2/b19-18-. The smallest absolute Gasteiger partial charge is 0.403 e. The maximum Gasteiger partial charge on any atom is 0.422 e. The van der Waals surface area contributed by atoms with Crippen molar-refractivity contribution in [3.05, 3.63) is 99.9 Å². The van der Waals surface area contributed by atoms with Crippen molar-refractivity contribution in [2.24, 2.45) is 0 Å². The molecule has 5 heteroatoms. The van der Waals surface area contributed by atoms with Crippen molar-refractivity contribution in [2.75, 3.05) is 0 Å². The summed E-state index contributed by atoms with van der Waals surface area (Å²) in [6.45, 7) is 0.189. The van der Waals surface area contributed by atoms with E-state index in [-0.39, 0.29) is 12.3 Å². The third-order valence-corrected chi connectivity index (χ3v) is 4.98. The van der Waals surface area contributed by atoms with Gasteiger partial charge in [-0.15, -0.1) is 11.3 Å². The number of amides is 2. The first-order valence-electron chi connectivity index (χ1n) is 8.15. The van der Waals surface area contributed by atoms with Crippen LogP contribution in [0.1, 0.15) is 16.0 Å². The maximum absolute atomic E-state index is 13.0. The lowest BCUT2D eigenvalue weighted by Crippen LogP contribution is -2.28. The van der Waals surface area contributed by atoms with Crippen molar-refractivity contribution < 1.29 is 14.3 Å². The number of nitrogens with zero attached hydrogens (tertiary/aromatic N) is 1. The van der Waals surface area contributed by atoms with E-state index in [2.05, 4.69) is 0 Å². The van der Waals surface area contributed by atoms with Gasteiger partial charge in [0.15, 0.2) is 0 Å². The summed E-state index contributed by atoms with van der Waals surface area (Å²) in [6, 6.07) is 22.7. The van der Waals surface area contributed by atoms with Gasteiger partial charge < -0.3 is 4.74 Å². The van der Waals surface area contributed by atoms with Crippen molar-refractivity contribution in [3.8, 4) is 0 Å². The predicted molar refractivity (Wildman–Crippen MR) is 100 cm³/mol. The molecule has 1 aliphatic rings. The highest BCUT2D eigenvalue weighted by atomic mass is 32.1. The average Bonchev–Trinajstić information content (AvgIpc) is 3.29. The van der Waals surface area contributed by atoms with Gasteiger partial charge in [0.25, 0.3) is 5.91 Å². The first-order valence-corrected chi connectivity index (χ1v) is 9.03. The highest BCUT2D eigenvalue weighted by Crippen LogP contribution is 2.34. The van der Waals surface area contributed by atoms with E-state index in [0.717, 1.165) is 20.9 Å². The number of carbonyl (C=O) groups excluding carboxylic acids is 2. The van der Waals surface area contributed by atoms with Crippen LogP contribution in [0.2, 0.25) is 0 Å². The van der Waals surface area contributed by atoms with Gasteiger partial charge in [-0.3, -0.25) is 4.79 Å². The number of rotatable bonds is 4. The zero-order valence-corrected chi connectivity index (χ0v) is 14.6. The van der Waals surface area contributed by atoms with Gasteiger partial charge in [-0.2, -0.15) is 0 Å². The van der Waals surface area contributed by atoms with Gasteiger partial charge in [0, 0.05) is 10.5 Å². The molecule has 0 saturated carbocycles. The molecule has 0 unspecified atom stereocenters. The van der Waals surface area contributed by atoms with Gasteiger partial charge in [0.05, 0.1) is 6.54 Å². The van der Waals surface area contributed by atoms with E-state index in [1.807, 2.05) is 78.2 Å². The number of hydrogen-bond donors (Lipinski definition) is 0. The Morgan fingerprint density at radius 1 is 0.885 bits per heavy atom. The van der Waals surface area contributed by atoms with Crippen LogP contribution in [0.3, 0.4) is 0 Å². The Bertz CT molecular complexity index is 963. The summed E-state index contributed by atoms with van der Waals surface area (Å²) in [6.07, 6.45) is -0.640. The Kier molecular flexibility index (Phi) is 4.37. The molecule has 0 bridgehead atoms. The topological polar surface area (TPSA) is 46.6 Å². The van der Waals surface area contributed by atoms with E-state index in [0.29, 0.717) is 5.57 Å². The molecule has 2 aromatic carbocycles. The molecule has 4 nitrogen and oxygen atoms in total. The van der Waals surface area contributed by atoms with Crippen LogP contribution in [0.15, 0.2) is 83.9 Å². The van der Waals surface area contributed by atoms with Crippen LogP contribution in [0.4, 0.5) is 4.79 Å². The molecule has 1 aromatic heterocycles. The van der Waals surface area contributed by atoms with Gasteiger partial charge in [0.1, 0.15) is 0 Å². The molecule has 0 atom stereocenters. The number of benzene rings is 2. The molecule has 2 heterocycles. The third-order valence-electron chi connectivity index (χ3n) is 4.09. The van der Waals surface area contributed by atoms with Crippen molar-refractivity contribution in [3.63, 3.8) is 0 Å². The number of carbonyl (C=O) groups is 2. The molecule has 0 N–H and O–H groups in total. The highest BCUT2D eigenvalue weighted by molar-refractivity contribution is 7.11. The lowest BCUT2D eigenvalue weighted by atomic mass is 10.0. The second kappa shape index (κ2) is 6.98. The number of thiophene rings is 1. The molecular weight excluding hydrogens is 346 g/mol. The number of imide groups is 1. The second-order valence-corrected chi connectivity index (χ2v) is 6.74. The van der Waals surface area contributed by atoms with Crippen LogP contribution in [-0.4, -0.2) is 16.9 Å². The summed E-state index contributed by atoms with van der Waals surface area (Å²) in [5, 5.41) is 1.93. The third kappa shape index (κ3) is 3.05. The minimum Gasteiger partial charge on any atom is -0.403 e. The van der Waals surface area contributed by atoms with Gasteiger partial charge in [-0.1, -0.05) is 66.7 Å². The molecule has 128 valence electrons. The molecule has 0 spiro atoms. The average molecular weight is 361 g/mol. The van der Waals surface area contributed by atoms with Crippen LogP contribution in [0.25, 0.3) is 5.57 Å². The maximum atomic E-state index is 13.0. The van der Waals surface area contributed by atoms with Gasteiger partial charge in [0.2, 0.25) is 5.76 Å². The van der Waals surface area contributed by atoms with E-state index in [4.69, 9.17) is 4.74 Å². The van der Waals surface area contributed by atoms with Gasteiger partial charge >= 0.3 is 6.09 Å². The first kappa shape index (κ1) is 16.3. The highest BCUT2D eigenvalue weighted by Gasteiger charge is 2.39. The Balaban J connectivity index is 1.77. The second-order valence-electron chi connectivity index (χ2n) is 5.79. The van der Waals surface area contributed by atoms with Crippen molar-refractivity contribution in [1.82, 2.24) is 4.90 Å². The van der Waals surface area contributed by atoms with E-state index < -0.39 is 12.0 Å². The van der Waals surface area contributed by atoms with Crippen LogP contribution >= 0.6 is 11.3 Å². The fraction of sp³-hybridized carbons (Fsp3) is 0.0476. The van der Waals surface area contributed by atoms with Crippen molar-refractivity contribution in [1.29, 1.82) is 0 Å². The fourth-order valence-corrected chi connectivity index (χ4v) is 3.65. The predicted octanol–water partition coefficient (Wildman–Crippen LogP) is 4.69. The Labute approximate surface area is 155 Å². The SMILES string of the molecule is O=C1O/C(=C(/c2ccccc2)c2cccs2)C(=O)N1Cc1ccccc1. The largest absolute Gasteiger partial charge is 0.422 e. The van der Waals surface area contributed by atoms with Crippen LogP contribution in [0.5, 0.6) is 0 Å².